The van der Waals surface area contributed by atoms with E-state index in [2.05, 4.69) is 15.1 Å². The van der Waals surface area contributed by atoms with Crippen LogP contribution >= 0.6 is 11.6 Å². The highest BCUT2D eigenvalue weighted by atomic mass is 35.5. The molecule has 3 aromatic rings. The first-order valence-electron chi connectivity index (χ1n) is 6.58. The highest BCUT2D eigenvalue weighted by Gasteiger charge is 2.14. The van der Waals surface area contributed by atoms with Crippen LogP contribution in [-0.2, 0) is 13.5 Å². The van der Waals surface area contributed by atoms with Crippen LogP contribution in [0.1, 0.15) is 11.1 Å². The average Bonchev–Trinajstić information content (AvgIpc) is 2.78. The molecule has 0 spiro atoms. The van der Waals surface area contributed by atoms with Crippen LogP contribution in [0.3, 0.4) is 0 Å². The van der Waals surface area contributed by atoms with E-state index in [1.807, 2.05) is 19.3 Å². The summed E-state index contributed by atoms with van der Waals surface area (Å²) in [5.41, 5.74) is 8.59. The first-order valence-corrected chi connectivity index (χ1v) is 6.96. The third-order valence-corrected chi connectivity index (χ3v) is 3.34. The van der Waals surface area contributed by atoms with Crippen molar-refractivity contribution in [3.8, 4) is 11.4 Å². The summed E-state index contributed by atoms with van der Waals surface area (Å²) >= 11 is 5.92. The summed E-state index contributed by atoms with van der Waals surface area (Å²) in [5.74, 6) is -0.179. The summed E-state index contributed by atoms with van der Waals surface area (Å²) in [5, 5.41) is 4.65. The Hall–Kier alpha value is -2.47. The molecule has 0 aliphatic rings. The van der Waals surface area contributed by atoms with E-state index in [4.69, 9.17) is 17.3 Å². The Labute approximate surface area is 131 Å². The molecule has 2 heterocycles. The van der Waals surface area contributed by atoms with Crippen LogP contribution < -0.4 is 5.73 Å². The van der Waals surface area contributed by atoms with Gasteiger partial charge in [0.15, 0.2) is 0 Å². The maximum atomic E-state index is 13.3. The Bertz CT molecular complexity index is 810. The Kier molecular flexibility index (Phi) is 3.77. The molecule has 1 aromatic carbocycles. The first-order chi connectivity index (χ1) is 10.5. The SMILES string of the molecule is Cn1cc(Cc2cccc(F)c2)c(-c2cc(Cl)nc(N)n2)n1. The summed E-state index contributed by atoms with van der Waals surface area (Å²) in [4.78, 5) is 8.01. The number of anilines is 1. The number of nitrogens with zero attached hydrogens (tertiary/aromatic N) is 4. The molecule has 0 aliphatic heterocycles. The van der Waals surface area contributed by atoms with E-state index in [0.29, 0.717) is 17.8 Å². The van der Waals surface area contributed by atoms with E-state index in [9.17, 15) is 4.39 Å². The van der Waals surface area contributed by atoms with Crippen molar-refractivity contribution in [3.63, 3.8) is 0 Å². The number of nitrogens with two attached hydrogens (primary N) is 1. The fourth-order valence-electron chi connectivity index (χ4n) is 2.31. The van der Waals surface area contributed by atoms with Crippen LogP contribution in [0.25, 0.3) is 11.4 Å². The lowest BCUT2D eigenvalue weighted by Gasteiger charge is -2.04. The van der Waals surface area contributed by atoms with E-state index >= 15 is 0 Å². The van der Waals surface area contributed by atoms with E-state index in [1.165, 1.54) is 12.1 Å². The zero-order valence-electron chi connectivity index (χ0n) is 11.8. The minimum Gasteiger partial charge on any atom is -0.368 e. The number of aryl methyl sites for hydroxylation is 1. The summed E-state index contributed by atoms with van der Waals surface area (Å²) in [6.45, 7) is 0. The van der Waals surface area contributed by atoms with Crippen LogP contribution in [0, 0.1) is 5.82 Å². The van der Waals surface area contributed by atoms with E-state index < -0.39 is 0 Å². The topological polar surface area (TPSA) is 69.6 Å². The third-order valence-electron chi connectivity index (χ3n) is 3.14. The number of halogens is 2. The molecular weight excluding hydrogens is 305 g/mol. The van der Waals surface area contributed by atoms with Crippen molar-refractivity contribution in [2.24, 2.45) is 7.05 Å². The second kappa shape index (κ2) is 5.73. The molecule has 5 nitrogen and oxygen atoms in total. The molecular formula is C15H13ClFN5. The van der Waals surface area contributed by atoms with Gasteiger partial charge in [-0.2, -0.15) is 5.10 Å². The fraction of sp³-hybridized carbons (Fsp3) is 0.133. The van der Waals surface area contributed by atoms with Gasteiger partial charge in [-0.1, -0.05) is 23.7 Å². The van der Waals surface area contributed by atoms with Gasteiger partial charge in [0.1, 0.15) is 16.7 Å². The number of benzene rings is 1. The summed E-state index contributed by atoms with van der Waals surface area (Å²) in [6.07, 6.45) is 2.40. The Morgan fingerprint density at radius 2 is 2.09 bits per heavy atom. The lowest BCUT2D eigenvalue weighted by molar-refractivity contribution is 0.626. The van der Waals surface area contributed by atoms with E-state index in [0.717, 1.165) is 11.1 Å². The van der Waals surface area contributed by atoms with Crippen molar-refractivity contribution in [2.45, 2.75) is 6.42 Å². The second-order valence-electron chi connectivity index (χ2n) is 4.92. The normalized spacial score (nSPS) is 10.9. The van der Waals surface area contributed by atoms with Gasteiger partial charge in [0.25, 0.3) is 0 Å². The van der Waals surface area contributed by atoms with Crippen LogP contribution in [0.15, 0.2) is 36.5 Å². The lowest BCUT2D eigenvalue weighted by atomic mass is 10.0. The van der Waals surface area contributed by atoms with Crippen molar-refractivity contribution >= 4 is 17.5 Å². The Morgan fingerprint density at radius 1 is 1.27 bits per heavy atom. The highest BCUT2D eigenvalue weighted by Crippen LogP contribution is 2.25. The maximum absolute atomic E-state index is 13.3. The minimum absolute atomic E-state index is 0.0878. The standard InChI is InChI=1S/C15H13ClFN5/c1-22-8-10(5-9-3-2-4-11(17)6-9)14(21-22)12-7-13(16)20-15(18)19-12/h2-4,6-8H,5H2,1H3,(H2,18,19,20). The van der Waals surface area contributed by atoms with Crippen molar-refractivity contribution in [3.05, 3.63) is 58.6 Å². The van der Waals surface area contributed by atoms with Gasteiger partial charge >= 0.3 is 0 Å². The van der Waals surface area contributed by atoms with Gasteiger partial charge in [-0.05, 0) is 17.7 Å². The largest absolute Gasteiger partial charge is 0.368 e. The molecule has 0 bridgehead atoms. The molecule has 7 heteroatoms. The number of hydrogen-bond acceptors (Lipinski definition) is 4. The molecule has 0 aliphatic carbocycles. The summed E-state index contributed by atoms with van der Waals surface area (Å²) in [7, 11) is 1.81. The molecule has 0 radical (unpaired) electrons. The fourth-order valence-corrected chi connectivity index (χ4v) is 2.50. The van der Waals surface area contributed by atoms with Gasteiger partial charge < -0.3 is 5.73 Å². The molecule has 0 saturated carbocycles. The number of aromatic nitrogens is 4. The van der Waals surface area contributed by atoms with Crippen LogP contribution in [-0.4, -0.2) is 19.7 Å². The molecule has 112 valence electrons. The van der Waals surface area contributed by atoms with E-state index in [1.54, 1.807) is 16.8 Å². The molecule has 0 unspecified atom stereocenters. The summed E-state index contributed by atoms with van der Waals surface area (Å²) < 4.78 is 15.0. The predicted octanol–water partition coefficient (Wildman–Crippen LogP) is 2.84. The van der Waals surface area contributed by atoms with Gasteiger partial charge in [0.05, 0.1) is 5.69 Å². The van der Waals surface area contributed by atoms with Crippen LogP contribution in [0.4, 0.5) is 10.3 Å². The number of nitrogen functional groups attached to an aromatic ring is 1. The first kappa shape index (κ1) is 14.5. The van der Waals surface area contributed by atoms with Gasteiger partial charge in [0, 0.05) is 31.3 Å². The zero-order chi connectivity index (χ0) is 15.7. The Balaban J connectivity index is 2.03. The molecule has 0 atom stereocenters. The molecule has 2 N–H and O–H groups in total. The molecule has 2 aromatic heterocycles. The molecule has 0 amide bonds. The van der Waals surface area contributed by atoms with E-state index in [-0.39, 0.29) is 16.9 Å². The van der Waals surface area contributed by atoms with Crippen molar-refractivity contribution in [2.75, 3.05) is 5.73 Å². The number of hydrogen-bond donors (Lipinski definition) is 1. The van der Waals surface area contributed by atoms with Crippen molar-refractivity contribution in [1.82, 2.24) is 19.7 Å². The van der Waals surface area contributed by atoms with Crippen LogP contribution in [0.5, 0.6) is 0 Å². The monoisotopic (exact) mass is 317 g/mol. The zero-order valence-corrected chi connectivity index (χ0v) is 12.5. The van der Waals surface area contributed by atoms with Gasteiger partial charge in [-0.25, -0.2) is 14.4 Å². The van der Waals surface area contributed by atoms with Gasteiger partial charge in [-0.15, -0.1) is 0 Å². The van der Waals surface area contributed by atoms with Crippen molar-refractivity contribution < 1.29 is 4.39 Å². The lowest BCUT2D eigenvalue weighted by Crippen LogP contribution is -1.99. The van der Waals surface area contributed by atoms with Gasteiger partial charge in [0.2, 0.25) is 5.95 Å². The quantitative estimate of drug-likeness (QED) is 0.754. The molecule has 0 fully saturated rings. The highest BCUT2D eigenvalue weighted by molar-refractivity contribution is 6.29. The van der Waals surface area contributed by atoms with Crippen LogP contribution in [0.2, 0.25) is 5.15 Å². The smallest absolute Gasteiger partial charge is 0.222 e. The molecule has 3 rings (SSSR count). The second-order valence-corrected chi connectivity index (χ2v) is 5.30. The predicted molar refractivity (Wildman–Crippen MR) is 82.9 cm³/mol. The summed E-state index contributed by atoms with van der Waals surface area (Å²) in [6, 6.07) is 8.06. The molecule has 22 heavy (non-hydrogen) atoms. The minimum atomic E-state index is -0.266. The maximum Gasteiger partial charge on any atom is 0.222 e. The third kappa shape index (κ3) is 3.07. The molecule has 0 saturated heterocycles. The average molecular weight is 318 g/mol. The van der Waals surface area contributed by atoms with Crippen molar-refractivity contribution in [1.29, 1.82) is 0 Å². The number of rotatable bonds is 3. The van der Waals surface area contributed by atoms with Gasteiger partial charge in [-0.3, -0.25) is 4.68 Å². The Morgan fingerprint density at radius 3 is 2.82 bits per heavy atom.